The topological polar surface area (TPSA) is 70.6 Å². The highest BCUT2D eigenvalue weighted by Crippen LogP contribution is 2.22. The molecule has 0 bridgehead atoms. The summed E-state index contributed by atoms with van der Waals surface area (Å²) < 4.78 is 5.75. The normalized spacial score (nSPS) is 10.3. The van der Waals surface area contributed by atoms with E-state index >= 15 is 0 Å². The molecule has 2 aromatic carbocycles. The van der Waals surface area contributed by atoms with E-state index in [9.17, 15) is 4.79 Å². The van der Waals surface area contributed by atoms with Gasteiger partial charge < -0.3 is 20.5 Å². The molecule has 0 unspecified atom stereocenters. The fourth-order valence-electron chi connectivity index (χ4n) is 2.11. The third kappa shape index (κ3) is 5.76. The van der Waals surface area contributed by atoms with Crippen LogP contribution in [0.4, 0.5) is 10.5 Å². The third-order valence-electron chi connectivity index (χ3n) is 3.36. The first kappa shape index (κ1) is 18.1. The van der Waals surface area contributed by atoms with Gasteiger partial charge in [0.15, 0.2) is 0 Å². The second-order valence-corrected chi connectivity index (χ2v) is 5.79. The van der Waals surface area contributed by atoms with Crippen LogP contribution in [0.25, 0.3) is 0 Å². The van der Waals surface area contributed by atoms with Crippen molar-refractivity contribution in [3.63, 3.8) is 0 Å². The van der Waals surface area contributed by atoms with E-state index in [2.05, 4.69) is 10.6 Å². The first-order valence-corrected chi connectivity index (χ1v) is 8.10. The lowest BCUT2D eigenvalue weighted by atomic mass is 10.2. The molecule has 0 aromatic heterocycles. The first-order valence-electron chi connectivity index (χ1n) is 7.72. The van der Waals surface area contributed by atoms with Crippen molar-refractivity contribution in [3.05, 3.63) is 58.6 Å². The molecular weight excluding hydrogens is 328 g/mol. The summed E-state index contributed by atoms with van der Waals surface area (Å²) in [5.74, 6) is 0.721. The van der Waals surface area contributed by atoms with E-state index in [-0.39, 0.29) is 12.6 Å². The average molecular weight is 349 g/mol. The summed E-state index contributed by atoms with van der Waals surface area (Å²) >= 11 is 5.95. The number of aliphatic hydroxyl groups is 1. The minimum Gasteiger partial charge on any atom is -0.489 e. The summed E-state index contributed by atoms with van der Waals surface area (Å²) in [5.41, 5.74) is 2.60. The first-order chi connectivity index (χ1) is 11.6. The summed E-state index contributed by atoms with van der Waals surface area (Å²) in [6.45, 7) is 2.81. The van der Waals surface area contributed by atoms with Crippen LogP contribution in [0.1, 0.15) is 17.5 Å². The maximum atomic E-state index is 11.7. The molecule has 0 aliphatic rings. The van der Waals surface area contributed by atoms with Crippen molar-refractivity contribution in [2.75, 3.05) is 18.5 Å². The van der Waals surface area contributed by atoms with Gasteiger partial charge in [0.05, 0.1) is 0 Å². The van der Waals surface area contributed by atoms with Crippen LogP contribution in [0.2, 0.25) is 5.02 Å². The molecule has 2 aromatic rings. The van der Waals surface area contributed by atoms with E-state index in [0.29, 0.717) is 30.3 Å². The van der Waals surface area contributed by atoms with Crippen molar-refractivity contribution < 1.29 is 14.6 Å². The summed E-state index contributed by atoms with van der Waals surface area (Å²) in [7, 11) is 0. The smallest absolute Gasteiger partial charge is 0.319 e. The number of aryl methyl sites for hydroxylation is 1. The number of nitrogens with one attached hydrogen (secondary N) is 2. The highest BCUT2D eigenvalue weighted by Gasteiger charge is 2.05. The van der Waals surface area contributed by atoms with Gasteiger partial charge >= 0.3 is 6.03 Å². The Labute approximate surface area is 146 Å². The van der Waals surface area contributed by atoms with Crippen molar-refractivity contribution >= 4 is 23.3 Å². The number of benzene rings is 2. The van der Waals surface area contributed by atoms with Crippen molar-refractivity contribution in [2.45, 2.75) is 20.0 Å². The van der Waals surface area contributed by atoms with E-state index in [4.69, 9.17) is 21.4 Å². The molecule has 0 fully saturated rings. The zero-order chi connectivity index (χ0) is 17.4. The molecule has 0 spiro atoms. The Morgan fingerprint density at radius 1 is 1.25 bits per heavy atom. The molecule has 3 N–H and O–H groups in total. The molecule has 2 amide bonds. The number of carbonyl (C=O) groups is 1. The van der Waals surface area contributed by atoms with Gasteiger partial charge in [0.2, 0.25) is 0 Å². The largest absolute Gasteiger partial charge is 0.489 e. The van der Waals surface area contributed by atoms with Crippen molar-refractivity contribution in [2.24, 2.45) is 0 Å². The minimum atomic E-state index is -0.292. The molecule has 0 aliphatic heterocycles. The number of hydrogen-bond donors (Lipinski definition) is 3. The Morgan fingerprint density at radius 3 is 2.79 bits per heavy atom. The highest BCUT2D eigenvalue weighted by molar-refractivity contribution is 6.30. The molecule has 6 heteroatoms. The Hall–Kier alpha value is -2.24. The van der Waals surface area contributed by atoms with E-state index in [1.807, 2.05) is 37.3 Å². The Kier molecular flexibility index (Phi) is 6.90. The number of urea groups is 1. The van der Waals surface area contributed by atoms with E-state index in [0.717, 1.165) is 16.9 Å². The number of rotatable bonds is 7. The van der Waals surface area contributed by atoms with Gasteiger partial charge in [-0.1, -0.05) is 23.7 Å². The lowest BCUT2D eigenvalue weighted by Gasteiger charge is -2.12. The van der Waals surface area contributed by atoms with Gasteiger partial charge in [-0.2, -0.15) is 0 Å². The molecule has 0 atom stereocenters. The van der Waals surface area contributed by atoms with Gasteiger partial charge in [-0.3, -0.25) is 0 Å². The SMILES string of the molecule is Cc1cc(OCc2cccc(Cl)c2)ccc1NC(=O)NCCCO. The lowest BCUT2D eigenvalue weighted by molar-refractivity contribution is 0.249. The van der Waals surface area contributed by atoms with Gasteiger partial charge in [0, 0.05) is 23.9 Å². The van der Waals surface area contributed by atoms with Gasteiger partial charge in [0.25, 0.3) is 0 Å². The van der Waals surface area contributed by atoms with E-state index in [1.165, 1.54) is 0 Å². The summed E-state index contributed by atoms with van der Waals surface area (Å²) in [6.07, 6.45) is 0.530. The fourth-order valence-corrected chi connectivity index (χ4v) is 2.32. The van der Waals surface area contributed by atoms with Crippen LogP contribution < -0.4 is 15.4 Å². The molecule has 0 aliphatic carbocycles. The van der Waals surface area contributed by atoms with Crippen LogP contribution >= 0.6 is 11.6 Å². The van der Waals surface area contributed by atoms with Gasteiger partial charge in [-0.25, -0.2) is 4.79 Å². The molecular formula is C18H21ClN2O3. The average Bonchev–Trinajstić information content (AvgIpc) is 2.55. The second kappa shape index (κ2) is 9.15. The predicted octanol–water partition coefficient (Wildman–Crippen LogP) is 3.73. The standard InChI is InChI=1S/C18H21ClN2O3/c1-13-10-16(24-12-14-4-2-5-15(19)11-14)6-7-17(13)21-18(23)20-8-3-9-22/h2,4-7,10-11,22H,3,8-9,12H2,1H3,(H2,20,21,23). The Bertz CT molecular complexity index is 692. The maximum Gasteiger partial charge on any atom is 0.319 e. The fraction of sp³-hybridized carbons (Fsp3) is 0.278. The molecule has 0 heterocycles. The molecule has 5 nitrogen and oxygen atoms in total. The molecule has 0 saturated heterocycles. The van der Waals surface area contributed by atoms with Crippen molar-refractivity contribution in [1.29, 1.82) is 0 Å². The lowest BCUT2D eigenvalue weighted by Crippen LogP contribution is -2.30. The quantitative estimate of drug-likeness (QED) is 0.668. The Morgan fingerprint density at radius 2 is 2.08 bits per heavy atom. The number of aliphatic hydroxyl groups excluding tert-OH is 1. The van der Waals surface area contributed by atoms with Crippen LogP contribution in [0.5, 0.6) is 5.75 Å². The van der Waals surface area contributed by atoms with Gasteiger partial charge in [-0.05, 0) is 54.8 Å². The van der Waals surface area contributed by atoms with Gasteiger partial charge in [-0.15, -0.1) is 0 Å². The summed E-state index contributed by atoms with van der Waals surface area (Å²) in [5, 5.41) is 14.8. The van der Waals surface area contributed by atoms with Crippen LogP contribution in [-0.2, 0) is 6.61 Å². The number of ether oxygens (including phenoxy) is 1. The summed E-state index contributed by atoms with van der Waals surface area (Å²) in [6, 6.07) is 12.7. The molecule has 0 radical (unpaired) electrons. The van der Waals surface area contributed by atoms with Gasteiger partial charge in [0.1, 0.15) is 12.4 Å². The molecule has 24 heavy (non-hydrogen) atoms. The number of halogens is 1. The number of carbonyl (C=O) groups excluding carboxylic acids is 1. The van der Waals surface area contributed by atoms with Crippen LogP contribution in [-0.4, -0.2) is 24.3 Å². The van der Waals surface area contributed by atoms with E-state index < -0.39 is 0 Å². The van der Waals surface area contributed by atoms with Crippen LogP contribution in [0, 0.1) is 6.92 Å². The Balaban J connectivity index is 1.90. The second-order valence-electron chi connectivity index (χ2n) is 5.35. The van der Waals surface area contributed by atoms with Crippen molar-refractivity contribution in [1.82, 2.24) is 5.32 Å². The molecule has 0 saturated carbocycles. The minimum absolute atomic E-state index is 0.0535. The highest BCUT2D eigenvalue weighted by atomic mass is 35.5. The number of amides is 2. The maximum absolute atomic E-state index is 11.7. The summed E-state index contributed by atoms with van der Waals surface area (Å²) in [4.78, 5) is 11.7. The molecule has 128 valence electrons. The third-order valence-corrected chi connectivity index (χ3v) is 3.60. The predicted molar refractivity (Wildman–Crippen MR) is 95.7 cm³/mol. The molecule has 2 rings (SSSR count). The van der Waals surface area contributed by atoms with Crippen LogP contribution in [0.15, 0.2) is 42.5 Å². The zero-order valence-corrected chi connectivity index (χ0v) is 14.3. The monoisotopic (exact) mass is 348 g/mol. The number of hydrogen-bond acceptors (Lipinski definition) is 3. The van der Waals surface area contributed by atoms with Crippen LogP contribution in [0.3, 0.4) is 0 Å². The number of anilines is 1. The van der Waals surface area contributed by atoms with Crippen molar-refractivity contribution in [3.8, 4) is 5.75 Å². The zero-order valence-electron chi connectivity index (χ0n) is 13.5. The van der Waals surface area contributed by atoms with E-state index in [1.54, 1.807) is 12.1 Å².